The van der Waals surface area contributed by atoms with E-state index in [4.69, 9.17) is 4.74 Å². The summed E-state index contributed by atoms with van der Waals surface area (Å²) in [6.07, 6.45) is 5.65. The molecule has 3 heteroatoms. The first-order valence-corrected chi connectivity index (χ1v) is 7.27. The number of ether oxygens (including phenoxy) is 1. The fraction of sp³-hybridized carbons (Fsp3) is 0.500. The van der Waals surface area contributed by atoms with Crippen LogP contribution in [0.1, 0.15) is 18.4 Å². The van der Waals surface area contributed by atoms with Crippen molar-refractivity contribution in [1.29, 1.82) is 0 Å². The summed E-state index contributed by atoms with van der Waals surface area (Å²) in [5.74, 6) is 0.803. The van der Waals surface area contributed by atoms with Crippen LogP contribution in [0.4, 0.5) is 0 Å². The number of fused-ring (bicyclic) bond motifs is 1. The second-order valence-electron chi connectivity index (χ2n) is 5.37. The Bertz CT molecular complexity index is 514. The minimum absolute atomic E-state index is 0.803. The molecule has 0 atom stereocenters. The van der Waals surface area contributed by atoms with Crippen LogP contribution in [-0.2, 0) is 11.2 Å². The third-order valence-electron chi connectivity index (χ3n) is 4.02. The van der Waals surface area contributed by atoms with E-state index < -0.39 is 0 Å². The van der Waals surface area contributed by atoms with Crippen molar-refractivity contribution < 1.29 is 4.74 Å². The highest BCUT2D eigenvalue weighted by Crippen LogP contribution is 2.18. The summed E-state index contributed by atoms with van der Waals surface area (Å²) in [6, 6.07) is 8.51. The van der Waals surface area contributed by atoms with E-state index in [1.54, 1.807) is 0 Å². The first-order valence-electron chi connectivity index (χ1n) is 7.27. The number of rotatable bonds is 5. The summed E-state index contributed by atoms with van der Waals surface area (Å²) in [5, 5.41) is 4.95. The summed E-state index contributed by atoms with van der Waals surface area (Å²) >= 11 is 0. The summed E-state index contributed by atoms with van der Waals surface area (Å²) in [6.45, 7) is 4.06. The van der Waals surface area contributed by atoms with Gasteiger partial charge in [0, 0.05) is 30.3 Å². The highest BCUT2D eigenvalue weighted by atomic mass is 16.5. The first-order chi connectivity index (χ1) is 9.43. The van der Waals surface area contributed by atoms with Crippen molar-refractivity contribution in [2.24, 2.45) is 5.92 Å². The molecule has 0 bridgehead atoms. The minimum Gasteiger partial charge on any atom is -0.381 e. The molecule has 1 aliphatic heterocycles. The Morgan fingerprint density at radius 2 is 2.05 bits per heavy atom. The van der Waals surface area contributed by atoms with E-state index in [-0.39, 0.29) is 0 Å². The third kappa shape index (κ3) is 3.17. The number of aromatic amines is 1. The van der Waals surface area contributed by atoms with E-state index >= 15 is 0 Å². The molecule has 19 heavy (non-hydrogen) atoms. The van der Waals surface area contributed by atoms with Gasteiger partial charge in [-0.2, -0.15) is 0 Å². The predicted molar refractivity (Wildman–Crippen MR) is 78.4 cm³/mol. The van der Waals surface area contributed by atoms with Crippen LogP contribution in [0.2, 0.25) is 0 Å². The van der Waals surface area contributed by atoms with Crippen LogP contribution in [-0.4, -0.2) is 31.3 Å². The number of H-pyrrole nitrogens is 1. The fourth-order valence-corrected chi connectivity index (χ4v) is 2.82. The largest absolute Gasteiger partial charge is 0.381 e. The van der Waals surface area contributed by atoms with Crippen molar-refractivity contribution >= 4 is 10.9 Å². The highest BCUT2D eigenvalue weighted by Gasteiger charge is 2.12. The zero-order chi connectivity index (χ0) is 12.9. The lowest BCUT2D eigenvalue weighted by atomic mass is 10.0. The molecule has 0 spiro atoms. The number of hydrogen-bond acceptors (Lipinski definition) is 2. The summed E-state index contributed by atoms with van der Waals surface area (Å²) < 4.78 is 5.38. The fourth-order valence-electron chi connectivity index (χ4n) is 2.82. The van der Waals surface area contributed by atoms with Gasteiger partial charge in [-0.1, -0.05) is 18.2 Å². The van der Waals surface area contributed by atoms with E-state index in [0.717, 1.165) is 38.6 Å². The lowest BCUT2D eigenvalue weighted by molar-refractivity contribution is 0.0664. The average molecular weight is 258 g/mol. The van der Waals surface area contributed by atoms with Crippen LogP contribution >= 0.6 is 0 Å². The molecule has 1 fully saturated rings. The van der Waals surface area contributed by atoms with Crippen LogP contribution in [0.5, 0.6) is 0 Å². The molecule has 102 valence electrons. The van der Waals surface area contributed by atoms with Gasteiger partial charge >= 0.3 is 0 Å². The van der Waals surface area contributed by atoms with Crippen molar-refractivity contribution in [3.63, 3.8) is 0 Å². The normalized spacial score (nSPS) is 17.1. The van der Waals surface area contributed by atoms with Crippen LogP contribution in [0.3, 0.4) is 0 Å². The van der Waals surface area contributed by atoms with Gasteiger partial charge in [0.2, 0.25) is 0 Å². The molecule has 2 heterocycles. The Morgan fingerprint density at radius 1 is 1.21 bits per heavy atom. The lowest BCUT2D eigenvalue weighted by Crippen LogP contribution is -2.29. The maximum absolute atomic E-state index is 5.38. The van der Waals surface area contributed by atoms with Gasteiger partial charge in [0.1, 0.15) is 0 Å². The SMILES string of the molecule is c1ccc2c(CCNCC3CCOCC3)c[nH]c2c1. The first kappa shape index (κ1) is 12.7. The van der Waals surface area contributed by atoms with Gasteiger partial charge in [0.25, 0.3) is 0 Å². The van der Waals surface area contributed by atoms with Crippen molar-refractivity contribution in [3.05, 3.63) is 36.0 Å². The monoisotopic (exact) mass is 258 g/mol. The minimum atomic E-state index is 0.803. The molecule has 3 rings (SSSR count). The highest BCUT2D eigenvalue weighted by molar-refractivity contribution is 5.83. The van der Waals surface area contributed by atoms with Crippen LogP contribution < -0.4 is 5.32 Å². The van der Waals surface area contributed by atoms with Gasteiger partial charge in [-0.25, -0.2) is 0 Å². The van der Waals surface area contributed by atoms with Crippen molar-refractivity contribution in [2.45, 2.75) is 19.3 Å². The van der Waals surface area contributed by atoms with E-state index in [1.807, 2.05) is 0 Å². The lowest BCUT2D eigenvalue weighted by Gasteiger charge is -2.22. The van der Waals surface area contributed by atoms with E-state index in [0.29, 0.717) is 0 Å². The Kier molecular flexibility index (Phi) is 4.16. The second-order valence-corrected chi connectivity index (χ2v) is 5.37. The van der Waals surface area contributed by atoms with Gasteiger partial charge in [-0.05, 0) is 49.9 Å². The smallest absolute Gasteiger partial charge is 0.0469 e. The molecule has 1 aromatic heterocycles. The summed E-state index contributed by atoms with van der Waals surface area (Å²) in [7, 11) is 0. The number of hydrogen-bond donors (Lipinski definition) is 2. The Balaban J connectivity index is 1.47. The maximum Gasteiger partial charge on any atom is 0.0469 e. The van der Waals surface area contributed by atoms with Gasteiger partial charge < -0.3 is 15.0 Å². The van der Waals surface area contributed by atoms with Gasteiger partial charge in [-0.15, -0.1) is 0 Å². The van der Waals surface area contributed by atoms with E-state index in [9.17, 15) is 0 Å². The molecule has 2 N–H and O–H groups in total. The summed E-state index contributed by atoms with van der Waals surface area (Å²) in [4.78, 5) is 3.33. The molecule has 1 saturated heterocycles. The van der Waals surface area contributed by atoms with Crippen molar-refractivity contribution in [2.75, 3.05) is 26.3 Å². The third-order valence-corrected chi connectivity index (χ3v) is 4.02. The number of aromatic nitrogens is 1. The van der Waals surface area contributed by atoms with Gasteiger partial charge in [-0.3, -0.25) is 0 Å². The topological polar surface area (TPSA) is 37.0 Å². The van der Waals surface area contributed by atoms with Gasteiger partial charge in [0.05, 0.1) is 0 Å². The number of nitrogens with one attached hydrogen (secondary N) is 2. The van der Waals surface area contributed by atoms with Crippen molar-refractivity contribution in [1.82, 2.24) is 10.3 Å². The Hall–Kier alpha value is -1.32. The molecular weight excluding hydrogens is 236 g/mol. The Labute approximate surface area is 114 Å². The maximum atomic E-state index is 5.38. The van der Waals surface area contributed by atoms with Crippen LogP contribution in [0, 0.1) is 5.92 Å². The molecule has 3 nitrogen and oxygen atoms in total. The predicted octanol–water partition coefficient (Wildman–Crippen LogP) is 2.73. The molecule has 0 aliphatic carbocycles. The van der Waals surface area contributed by atoms with Crippen molar-refractivity contribution in [3.8, 4) is 0 Å². The number of benzene rings is 1. The molecule has 1 aromatic carbocycles. The second kappa shape index (κ2) is 6.22. The summed E-state index contributed by atoms with van der Waals surface area (Å²) in [5.41, 5.74) is 2.65. The zero-order valence-electron chi connectivity index (χ0n) is 11.3. The van der Waals surface area contributed by atoms with Crippen LogP contribution in [0.15, 0.2) is 30.5 Å². The molecule has 0 saturated carbocycles. The number of para-hydroxylation sites is 1. The molecule has 0 radical (unpaired) electrons. The van der Waals surface area contributed by atoms with Crippen LogP contribution in [0.25, 0.3) is 10.9 Å². The standard InChI is InChI=1S/C16H22N2O/c1-2-4-16-15(3-1)14(12-18-16)5-8-17-11-13-6-9-19-10-7-13/h1-4,12-13,17-18H,5-11H2. The molecule has 2 aromatic rings. The van der Waals surface area contributed by atoms with Gasteiger partial charge in [0.15, 0.2) is 0 Å². The Morgan fingerprint density at radius 3 is 2.95 bits per heavy atom. The van der Waals surface area contributed by atoms with E-state index in [2.05, 4.69) is 40.8 Å². The molecule has 1 aliphatic rings. The molecule has 0 unspecified atom stereocenters. The molecular formula is C16H22N2O. The average Bonchev–Trinajstić information content (AvgIpc) is 2.88. The zero-order valence-corrected chi connectivity index (χ0v) is 11.3. The quantitative estimate of drug-likeness (QED) is 0.809. The van der Waals surface area contributed by atoms with E-state index in [1.165, 1.54) is 29.3 Å². The molecule has 0 amide bonds.